The van der Waals surface area contributed by atoms with E-state index < -0.39 is 34.8 Å². The Labute approximate surface area is 181 Å². The number of ether oxygens (including phenoxy) is 1. The van der Waals surface area contributed by atoms with Crippen LogP contribution in [0.3, 0.4) is 0 Å². The minimum absolute atomic E-state index is 0.107. The number of phenols is 1. The van der Waals surface area contributed by atoms with Crippen molar-refractivity contribution in [2.45, 2.75) is 44.3 Å². The van der Waals surface area contributed by atoms with Crippen molar-refractivity contribution in [3.05, 3.63) is 45.7 Å². The Bertz CT molecular complexity index is 1180. The fourth-order valence-corrected chi connectivity index (χ4v) is 4.51. The molecule has 0 radical (unpaired) electrons. The summed E-state index contributed by atoms with van der Waals surface area (Å²) in [5, 5.41) is 10.4. The highest BCUT2D eigenvalue weighted by Gasteiger charge is 2.45. The van der Waals surface area contributed by atoms with Crippen LogP contribution in [-0.4, -0.2) is 41.4 Å². The van der Waals surface area contributed by atoms with Gasteiger partial charge in [-0.15, -0.1) is 0 Å². The number of rotatable bonds is 3. The van der Waals surface area contributed by atoms with E-state index in [1.807, 2.05) is 4.57 Å². The number of esters is 1. The van der Waals surface area contributed by atoms with E-state index in [9.17, 15) is 32.7 Å². The lowest BCUT2D eigenvalue weighted by molar-refractivity contribution is -0.170. The highest BCUT2D eigenvalue weighted by atomic mass is 19.4. The Kier molecular flexibility index (Phi) is 5.06. The monoisotopic (exact) mass is 450 g/mol. The molecule has 1 aromatic heterocycles. The SMILES string of the molecule is CCOC(=O)c1cn2c(cc1=O)-c1cc(N(C)C(=O)C(F)(F)F)c(O)cc1CC21CCC1. The smallest absolute Gasteiger partial charge is 0.471 e. The van der Waals surface area contributed by atoms with Crippen LogP contribution in [0.15, 0.2) is 29.2 Å². The first kappa shape index (κ1) is 21.9. The van der Waals surface area contributed by atoms with Crippen LogP contribution in [0.25, 0.3) is 11.3 Å². The Morgan fingerprint density at radius 2 is 1.94 bits per heavy atom. The maximum atomic E-state index is 12.9. The van der Waals surface area contributed by atoms with Crippen LogP contribution in [0.2, 0.25) is 0 Å². The van der Waals surface area contributed by atoms with E-state index in [0.29, 0.717) is 28.1 Å². The van der Waals surface area contributed by atoms with Crippen molar-refractivity contribution in [2.75, 3.05) is 18.6 Å². The minimum atomic E-state index is -5.11. The summed E-state index contributed by atoms with van der Waals surface area (Å²) in [5.41, 5.74) is 0.0628. The molecule has 0 unspecified atom stereocenters. The molecular formula is C22H21F3N2O5. The quantitative estimate of drug-likeness (QED) is 0.725. The predicted molar refractivity (Wildman–Crippen MR) is 109 cm³/mol. The maximum absolute atomic E-state index is 12.9. The molecule has 1 aromatic carbocycles. The van der Waals surface area contributed by atoms with Gasteiger partial charge in [-0.2, -0.15) is 13.2 Å². The van der Waals surface area contributed by atoms with Gasteiger partial charge in [-0.3, -0.25) is 9.59 Å². The third kappa shape index (κ3) is 3.34. The Morgan fingerprint density at radius 1 is 1.25 bits per heavy atom. The summed E-state index contributed by atoms with van der Waals surface area (Å²) in [6.07, 6.45) is -0.710. The second-order valence-corrected chi connectivity index (χ2v) is 8.14. The average molecular weight is 450 g/mol. The van der Waals surface area contributed by atoms with Gasteiger partial charge in [-0.25, -0.2) is 4.79 Å². The molecule has 10 heteroatoms. The van der Waals surface area contributed by atoms with E-state index in [1.54, 1.807) is 6.92 Å². The minimum Gasteiger partial charge on any atom is -0.506 e. The number of pyridine rings is 1. The average Bonchev–Trinajstić information content (AvgIpc) is 2.69. The molecular weight excluding hydrogens is 429 g/mol. The highest BCUT2D eigenvalue weighted by Crippen LogP contribution is 2.50. The van der Waals surface area contributed by atoms with Crippen LogP contribution in [0.4, 0.5) is 18.9 Å². The van der Waals surface area contributed by atoms with Crippen molar-refractivity contribution >= 4 is 17.6 Å². The molecule has 2 aliphatic rings. The van der Waals surface area contributed by atoms with Gasteiger partial charge in [0.05, 0.1) is 18.0 Å². The normalized spacial score (nSPS) is 16.0. The van der Waals surface area contributed by atoms with Crippen LogP contribution in [0.1, 0.15) is 42.1 Å². The molecule has 1 aliphatic carbocycles. The van der Waals surface area contributed by atoms with Gasteiger partial charge in [-0.05, 0) is 50.3 Å². The zero-order valence-electron chi connectivity index (χ0n) is 17.5. The number of phenolic OH excluding ortho intramolecular Hbond substituents is 1. The van der Waals surface area contributed by atoms with Crippen molar-refractivity contribution in [2.24, 2.45) is 0 Å². The van der Waals surface area contributed by atoms with Crippen LogP contribution in [-0.2, 0) is 21.5 Å². The number of aromatic nitrogens is 1. The summed E-state index contributed by atoms with van der Waals surface area (Å²) in [6.45, 7) is 1.74. The van der Waals surface area contributed by atoms with E-state index in [2.05, 4.69) is 0 Å². The van der Waals surface area contributed by atoms with E-state index >= 15 is 0 Å². The summed E-state index contributed by atoms with van der Waals surface area (Å²) < 4.78 is 45.6. The number of nitrogens with zero attached hydrogens (tertiary/aromatic N) is 2. The van der Waals surface area contributed by atoms with Crippen molar-refractivity contribution in [1.29, 1.82) is 0 Å². The molecule has 1 spiro atoms. The molecule has 1 aliphatic heterocycles. The van der Waals surface area contributed by atoms with Crippen molar-refractivity contribution in [1.82, 2.24) is 4.57 Å². The number of fused-ring (bicyclic) bond motifs is 4. The fourth-order valence-electron chi connectivity index (χ4n) is 4.51. The van der Waals surface area contributed by atoms with Crippen molar-refractivity contribution < 1.29 is 32.6 Å². The fraction of sp³-hybridized carbons (Fsp3) is 0.409. The predicted octanol–water partition coefficient (Wildman–Crippen LogP) is 3.36. The van der Waals surface area contributed by atoms with Gasteiger partial charge in [0, 0.05) is 30.4 Å². The van der Waals surface area contributed by atoms with Crippen LogP contribution < -0.4 is 10.3 Å². The zero-order valence-corrected chi connectivity index (χ0v) is 17.5. The van der Waals surface area contributed by atoms with Crippen molar-refractivity contribution in [3.8, 4) is 17.0 Å². The molecule has 2 aromatic rings. The number of benzene rings is 1. The first-order valence-corrected chi connectivity index (χ1v) is 10.1. The Hall–Kier alpha value is -3.30. The van der Waals surface area contributed by atoms with Crippen LogP contribution in [0.5, 0.6) is 5.75 Å². The molecule has 1 fully saturated rings. The molecule has 1 saturated carbocycles. The molecule has 7 nitrogen and oxygen atoms in total. The van der Waals surface area contributed by atoms with Gasteiger partial charge in [0.15, 0.2) is 5.43 Å². The summed E-state index contributed by atoms with van der Waals surface area (Å²) in [4.78, 5) is 37.0. The highest BCUT2D eigenvalue weighted by molar-refractivity contribution is 5.99. The molecule has 170 valence electrons. The molecule has 0 bridgehead atoms. The molecule has 2 heterocycles. The number of anilines is 1. The number of aromatic hydroxyl groups is 1. The number of carbonyl (C=O) groups is 2. The van der Waals surface area contributed by atoms with Gasteiger partial charge < -0.3 is 19.3 Å². The van der Waals surface area contributed by atoms with Crippen molar-refractivity contribution in [3.63, 3.8) is 0 Å². The molecule has 1 amide bonds. The number of amides is 1. The largest absolute Gasteiger partial charge is 0.506 e. The topological polar surface area (TPSA) is 88.8 Å². The lowest BCUT2D eigenvalue weighted by Gasteiger charge is -2.49. The summed E-state index contributed by atoms with van der Waals surface area (Å²) >= 11 is 0. The third-order valence-electron chi connectivity index (χ3n) is 6.25. The third-order valence-corrected chi connectivity index (χ3v) is 6.25. The summed E-state index contributed by atoms with van der Waals surface area (Å²) in [7, 11) is 0.921. The van der Waals surface area contributed by atoms with E-state index in [0.717, 1.165) is 26.3 Å². The van der Waals surface area contributed by atoms with Gasteiger partial charge in [0.2, 0.25) is 0 Å². The summed E-state index contributed by atoms with van der Waals surface area (Å²) in [5.74, 6) is -3.33. The molecule has 0 saturated heterocycles. The van der Waals surface area contributed by atoms with Crippen LogP contribution >= 0.6 is 0 Å². The second kappa shape index (κ2) is 7.39. The standard InChI is InChI=1S/C22H21F3N2O5/c1-3-32-19(30)14-11-27-15(9-17(14)28)13-8-16(26(2)20(31)22(23,24)25)18(29)7-12(13)10-21(27)5-4-6-21/h7-9,11,29H,3-6,10H2,1-2H3. The molecule has 4 rings (SSSR count). The zero-order chi connectivity index (χ0) is 23.4. The summed E-state index contributed by atoms with van der Waals surface area (Å²) in [6, 6.07) is 3.88. The van der Waals surface area contributed by atoms with Gasteiger partial charge in [-0.1, -0.05) is 0 Å². The van der Waals surface area contributed by atoms with E-state index in [1.165, 1.54) is 24.4 Å². The lowest BCUT2D eigenvalue weighted by Crippen LogP contribution is -2.46. The van der Waals surface area contributed by atoms with E-state index in [-0.39, 0.29) is 17.9 Å². The van der Waals surface area contributed by atoms with E-state index in [4.69, 9.17) is 4.74 Å². The number of carbonyl (C=O) groups excluding carboxylic acids is 2. The first-order valence-electron chi connectivity index (χ1n) is 10.1. The van der Waals surface area contributed by atoms with Gasteiger partial charge >= 0.3 is 18.1 Å². The Morgan fingerprint density at radius 3 is 2.50 bits per heavy atom. The number of halogens is 3. The molecule has 1 N–H and O–H groups in total. The number of alkyl halides is 3. The Balaban J connectivity index is 1.89. The van der Waals surface area contributed by atoms with Crippen LogP contribution in [0, 0.1) is 0 Å². The molecule has 32 heavy (non-hydrogen) atoms. The second-order valence-electron chi connectivity index (χ2n) is 8.14. The number of hydrogen-bond donors (Lipinski definition) is 1. The number of hydrogen-bond acceptors (Lipinski definition) is 5. The van der Waals surface area contributed by atoms with Gasteiger partial charge in [0.25, 0.3) is 0 Å². The maximum Gasteiger partial charge on any atom is 0.471 e. The first-order chi connectivity index (χ1) is 15.0. The lowest BCUT2D eigenvalue weighted by atomic mass is 9.69. The van der Waals surface area contributed by atoms with Gasteiger partial charge in [0.1, 0.15) is 11.3 Å². The molecule has 0 atom stereocenters.